The second-order valence-electron chi connectivity index (χ2n) is 6.22. The molecule has 1 aromatic carbocycles. The van der Waals surface area contributed by atoms with E-state index in [1.54, 1.807) is 0 Å². The molecule has 2 rings (SSSR count). The van der Waals surface area contributed by atoms with Crippen molar-refractivity contribution < 1.29 is 4.74 Å². The molecule has 1 atom stereocenters. The van der Waals surface area contributed by atoms with Gasteiger partial charge in [0.25, 0.3) is 0 Å². The normalized spacial score (nSPS) is 17.5. The summed E-state index contributed by atoms with van der Waals surface area (Å²) in [6, 6.07) is 7.82. The Morgan fingerprint density at radius 2 is 1.96 bits per heavy atom. The molecule has 1 aromatic rings. The lowest BCUT2D eigenvalue weighted by atomic mass is 10.1. The Balaban J connectivity index is 1.78. The smallest absolute Gasteiger partial charge is 0.191 e. The summed E-state index contributed by atoms with van der Waals surface area (Å²) in [7, 11) is 0. The number of morpholine rings is 1. The second-order valence-corrected chi connectivity index (χ2v) is 6.66. The molecule has 0 bridgehead atoms. The Kier molecular flexibility index (Phi) is 8.36. The lowest BCUT2D eigenvalue weighted by Crippen LogP contribution is -2.44. The van der Waals surface area contributed by atoms with Gasteiger partial charge in [0.2, 0.25) is 0 Å². The van der Waals surface area contributed by atoms with Crippen LogP contribution in [-0.4, -0.2) is 56.8 Å². The van der Waals surface area contributed by atoms with E-state index < -0.39 is 0 Å². The molecule has 1 saturated heterocycles. The molecule has 1 aliphatic rings. The van der Waals surface area contributed by atoms with Gasteiger partial charge in [-0.05, 0) is 30.5 Å². The van der Waals surface area contributed by atoms with Crippen LogP contribution >= 0.6 is 11.6 Å². The zero-order valence-corrected chi connectivity index (χ0v) is 15.5. The second kappa shape index (κ2) is 10.5. The van der Waals surface area contributed by atoms with Crippen molar-refractivity contribution in [1.82, 2.24) is 15.5 Å². The van der Waals surface area contributed by atoms with Crippen molar-refractivity contribution in [3.63, 3.8) is 0 Å². The molecule has 0 aliphatic carbocycles. The molecule has 1 aliphatic heterocycles. The average Bonchev–Trinajstić information content (AvgIpc) is 2.59. The fourth-order valence-electron chi connectivity index (χ4n) is 2.66. The first-order chi connectivity index (χ1) is 11.7. The number of rotatable bonds is 7. The predicted octanol–water partition coefficient (Wildman–Crippen LogP) is 2.36. The number of ether oxygens (including phenoxy) is 1. The number of aliphatic imine (C=N–C) groups is 1. The van der Waals surface area contributed by atoms with Crippen molar-refractivity contribution in [3.8, 4) is 0 Å². The molecule has 1 unspecified atom stereocenters. The molecule has 0 radical (unpaired) electrons. The summed E-state index contributed by atoms with van der Waals surface area (Å²) < 4.78 is 5.40. The Morgan fingerprint density at radius 1 is 1.25 bits per heavy atom. The van der Waals surface area contributed by atoms with Gasteiger partial charge in [-0.3, -0.25) is 4.90 Å². The van der Waals surface area contributed by atoms with Gasteiger partial charge in [0, 0.05) is 37.7 Å². The standard InChI is InChI=1S/C18H29ClN4O/c1-3-20-18(22-13-16-4-6-17(19)7-5-16)21-12-15(2)14-23-8-10-24-11-9-23/h4-7,15H,3,8-14H2,1-2H3,(H2,20,21,22). The number of guanidine groups is 1. The lowest BCUT2D eigenvalue weighted by molar-refractivity contribution is 0.0320. The summed E-state index contributed by atoms with van der Waals surface area (Å²) in [6.07, 6.45) is 0. The van der Waals surface area contributed by atoms with Crippen molar-refractivity contribution in [1.29, 1.82) is 0 Å². The predicted molar refractivity (Wildman–Crippen MR) is 101 cm³/mol. The molecule has 5 nitrogen and oxygen atoms in total. The van der Waals surface area contributed by atoms with E-state index in [0.29, 0.717) is 12.5 Å². The van der Waals surface area contributed by atoms with Crippen molar-refractivity contribution in [3.05, 3.63) is 34.9 Å². The van der Waals surface area contributed by atoms with Gasteiger partial charge in [0.1, 0.15) is 0 Å². The van der Waals surface area contributed by atoms with E-state index in [2.05, 4.69) is 34.4 Å². The van der Waals surface area contributed by atoms with Gasteiger partial charge in [-0.1, -0.05) is 30.7 Å². The van der Waals surface area contributed by atoms with E-state index in [0.717, 1.165) is 62.5 Å². The van der Waals surface area contributed by atoms with Crippen LogP contribution < -0.4 is 10.6 Å². The zero-order valence-electron chi connectivity index (χ0n) is 14.7. The van der Waals surface area contributed by atoms with E-state index in [1.165, 1.54) is 0 Å². The third-order valence-corrected chi connectivity index (χ3v) is 4.22. The molecule has 0 amide bonds. The Bertz CT molecular complexity index is 500. The molecular weight excluding hydrogens is 324 g/mol. The summed E-state index contributed by atoms with van der Waals surface area (Å²) in [6.45, 7) is 11.6. The SMILES string of the molecule is CCNC(=NCc1ccc(Cl)cc1)NCC(C)CN1CCOCC1. The zero-order chi connectivity index (χ0) is 17.2. The lowest BCUT2D eigenvalue weighted by Gasteiger charge is -2.29. The number of hydrogen-bond acceptors (Lipinski definition) is 3. The monoisotopic (exact) mass is 352 g/mol. The highest BCUT2D eigenvalue weighted by atomic mass is 35.5. The highest BCUT2D eigenvalue weighted by molar-refractivity contribution is 6.30. The molecular formula is C18H29ClN4O. The van der Waals surface area contributed by atoms with Crippen molar-refractivity contribution >= 4 is 17.6 Å². The van der Waals surface area contributed by atoms with Gasteiger partial charge >= 0.3 is 0 Å². The van der Waals surface area contributed by atoms with Crippen LogP contribution in [0.1, 0.15) is 19.4 Å². The quantitative estimate of drug-likeness (QED) is 0.584. The van der Waals surface area contributed by atoms with Crippen LogP contribution in [0.5, 0.6) is 0 Å². The molecule has 1 heterocycles. The van der Waals surface area contributed by atoms with E-state index in [4.69, 9.17) is 16.3 Å². The van der Waals surface area contributed by atoms with E-state index in [-0.39, 0.29) is 0 Å². The van der Waals surface area contributed by atoms with E-state index in [9.17, 15) is 0 Å². The van der Waals surface area contributed by atoms with Gasteiger partial charge < -0.3 is 15.4 Å². The third kappa shape index (κ3) is 7.07. The van der Waals surface area contributed by atoms with Gasteiger partial charge in [0.15, 0.2) is 5.96 Å². The maximum Gasteiger partial charge on any atom is 0.191 e. The van der Waals surface area contributed by atoms with Crippen LogP contribution in [0, 0.1) is 5.92 Å². The number of halogens is 1. The third-order valence-electron chi connectivity index (χ3n) is 3.97. The Morgan fingerprint density at radius 3 is 2.62 bits per heavy atom. The number of nitrogens with one attached hydrogen (secondary N) is 2. The average molecular weight is 353 g/mol. The molecule has 0 saturated carbocycles. The van der Waals surface area contributed by atoms with Gasteiger partial charge in [-0.15, -0.1) is 0 Å². The Labute approximate surface area is 150 Å². The summed E-state index contributed by atoms with van der Waals surface area (Å²) >= 11 is 5.92. The first-order valence-electron chi connectivity index (χ1n) is 8.74. The van der Waals surface area contributed by atoms with E-state index in [1.807, 2.05) is 24.3 Å². The number of benzene rings is 1. The first-order valence-corrected chi connectivity index (χ1v) is 9.12. The van der Waals surface area contributed by atoms with Crippen LogP contribution in [0.25, 0.3) is 0 Å². The summed E-state index contributed by atoms with van der Waals surface area (Å²) in [5.74, 6) is 1.42. The summed E-state index contributed by atoms with van der Waals surface area (Å²) in [5.41, 5.74) is 1.15. The minimum absolute atomic E-state index is 0.558. The first kappa shape index (κ1) is 19.0. The molecule has 134 valence electrons. The topological polar surface area (TPSA) is 48.9 Å². The van der Waals surface area contributed by atoms with Gasteiger partial charge in [-0.25, -0.2) is 4.99 Å². The largest absolute Gasteiger partial charge is 0.379 e. The molecule has 0 spiro atoms. The minimum atomic E-state index is 0.558. The van der Waals surface area contributed by atoms with Crippen LogP contribution in [0.2, 0.25) is 5.02 Å². The Hall–Kier alpha value is -1.30. The van der Waals surface area contributed by atoms with Crippen molar-refractivity contribution in [2.75, 3.05) is 45.9 Å². The van der Waals surface area contributed by atoms with E-state index >= 15 is 0 Å². The van der Waals surface area contributed by atoms with Gasteiger partial charge in [0.05, 0.1) is 19.8 Å². The molecule has 1 fully saturated rings. The van der Waals surface area contributed by atoms with Crippen LogP contribution in [-0.2, 0) is 11.3 Å². The number of nitrogens with zero attached hydrogens (tertiary/aromatic N) is 2. The van der Waals surface area contributed by atoms with Crippen molar-refractivity contribution in [2.24, 2.45) is 10.9 Å². The summed E-state index contributed by atoms with van der Waals surface area (Å²) in [4.78, 5) is 7.12. The van der Waals surface area contributed by atoms with Gasteiger partial charge in [-0.2, -0.15) is 0 Å². The fourth-order valence-corrected chi connectivity index (χ4v) is 2.79. The fraction of sp³-hybridized carbons (Fsp3) is 0.611. The highest BCUT2D eigenvalue weighted by Crippen LogP contribution is 2.10. The molecule has 2 N–H and O–H groups in total. The number of hydrogen-bond donors (Lipinski definition) is 2. The maximum atomic E-state index is 5.92. The van der Waals surface area contributed by atoms with Crippen LogP contribution in [0.15, 0.2) is 29.3 Å². The van der Waals surface area contributed by atoms with Crippen molar-refractivity contribution in [2.45, 2.75) is 20.4 Å². The van der Waals surface area contributed by atoms with Crippen LogP contribution in [0.3, 0.4) is 0 Å². The minimum Gasteiger partial charge on any atom is -0.379 e. The maximum absolute atomic E-state index is 5.92. The van der Waals surface area contributed by atoms with Crippen LogP contribution in [0.4, 0.5) is 0 Å². The summed E-state index contributed by atoms with van der Waals surface area (Å²) in [5, 5.41) is 7.50. The highest BCUT2D eigenvalue weighted by Gasteiger charge is 2.13. The molecule has 6 heteroatoms. The molecule has 24 heavy (non-hydrogen) atoms. The molecule has 0 aromatic heterocycles.